The molecule has 1 unspecified atom stereocenters. The molecule has 2 N–H and O–H groups in total. The average molecular weight is 230 g/mol. The molecule has 1 aliphatic heterocycles. The van der Waals surface area contributed by atoms with Gasteiger partial charge in [-0.2, -0.15) is 0 Å². The number of fused-ring (bicyclic) bond motifs is 1. The van der Waals surface area contributed by atoms with Gasteiger partial charge in [0.15, 0.2) is 0 Å². The van der Waals surface area contributed by atoms with Crippen LogP contribution in [-0.2, 0) is 0 Å². The Bertz CT molecular complexity index is 531. The third-order valence-electron chi connectivity index (χ3n) is 3.62. The van der Waals surface area contributed by atoms with Crippen LogP contribution in [0.5, 0.6) is 0 Å². The van der Waals surface area contributed by atoms with Gasteiger partial charge in [-0.15, -0.1) is 0 Å². The Morgan fingerprint density at radius 2 is 2.35 bits per heavy atom. The molecule has 3 rings (SSSR count). The van der Waals surface area contributed by atoms with Crippen molar-refractivity contribution in [3.63, 3.8) is 0 Å². The average Bonchev–Trinajstić information content (AvgIpc) is 2.74. The van der Waals surface area contributed by atoms with E-state index in [1.54, 1.807) is 0 Å². The number of anilines is 1. The molecule has 0 saturated carbocycles. The van der Waals surface area contributed by atoms with Crippen LogP contribution in [0.15, 0.2) is 24.5 Å². The maximum atomic E-state index is 5.96. The second kappa shape index (κ2) is 4.04. The number of rotatable bonds is 1. The zero-order valence-corrected chi connectivity index (χ0v) is 10.1. The van der Waals surface area contributed by atoms with E-state index in [4.69, 9.17) is 5.73 Å². The molecule has 1 aliphatic rings. The Kier molecular flexibility index (Phi) is 2.52. The van der Waals surface area contributed by atoms with Gasteiger partial charge in [-0.3, -0.25) is 0 Å². The van der Waals surface area contributed by atoms with Crippen molar-refractivity contribution in [1.82, 2.24) is 14.3 Å². The first-order valence-electron chi connectivity index (χ1n) is 6.15. The number of hydrogen-bond acceptors (Lipinski definition) is 3. The molecule has 17 heavy (non-hydrogen) atoms. The SMILES string of the molecule is CN1CCCC(c2ncc3c(N)cccn23)C1. The lowest BCUT2D eigenvalue weighted by Crippen LogP contribution is -2.31. The zero-order chi connectivity index (χ0) is 11.8. The molecule has 90 valence electrons. The number of nitrogen functional groups attached to an aromatic ring is 1. The Balaban J connectivity index is 2.02. The zero-order valence-electron chi connectivity index (χ0n) is 10.1. The van der Waals surface area contributed by atoms with Crippen molar-refractivity contribution in [2.75, 3.05) is 25.9 Å². The van der Waals surface area contributed by atoms with E-state index in [0.29, 0.717) is 5.92 Å². The highest BCUT2D eigenvalue weighted by Gasteiger charge is 2.22. The standard InChI is InChI=1S/C13H18N4/c1-16-6-2-4-10(9-16)13-15-8-12-11(14)5-3-7-17(12)13/h3,5,7-8,10H,2,4,6,9,14H2,1H3. The summed E-state index contributed by atoms with van der Waals surface area (Å²) >= 11 is 0. The van der Waals surface area contributed by atoms with Crippen LogP contribution in [0, 0.1) is 0 Å². The third-order valence-corrected chi connectivity index (χ3v) is 3.62. The monoisotopic (exact) mass is 230 g/mol. The molecule has 4 heteroatoms. The topological polar surface area (TPSA) is 46.6 Å². The van der Waals surface area contributed by atoms with Crippen molar-refractivity contribution < 1.29 is 0 Å². The quantitative estimate of drug-likeness (QED) is 0.811. The van der Waals surface area contributed by atoms with Gasteiger partial charge >= 0.3 is 0 Å². The van der Waals surface area contributed by atoms with E-state index in [0.717, 1.165) is 23.6 Å². The predicted molar refractivity (Wildman–Crippen MR) is 69.1 cm³/mol. The van der Waals surface area contributed by atoms with Crippen molar-refractivity contribution in [3.8, 4) is 0 Å². The van der Waals surface area contributed by atoms with Gasteiger partial charge in [0.2, 0.25) is 0 Å². The number of nitrogens with two attached hydrogens (primary N) is 1. The van der Waals surface area contributed by atoms with Crippen LogP contribution in [0.4, 0.5) is 5.69 Å². The lowest BCUT2D eigenvalue weighted by molar-refractivity contribution is 0.245. The van der Waals surface area contributed by atoms with Gasteiger partial charge in [-0.25, -0.2) is 4.98 Å². The van der Waals surface area contributed by atoms with Crippen molar-refractivity contribution in [1.29, 1.82) is 0 Å². The van der Waals surface area contributed by atoms with Crippen LogP contribution < -0.4 is 5.73 Å². The van der Waals surface area contributed by atoms with Gasteiger partial charge in [0.05, 0.1) is 17.4 Å². The van der Waals surface area contributed by atoms with Crippen molar-refractivity contribution in [2.24, 2.45) is 0 Å². The minimum Gasteiger partial charge on any atom is -0.397 e. The predicted octanol–water partition coefficient (Wildman–Crippen LogP) is 1.73. The minimum atomic E-state index is 0.526. The van der Waals surface area contributed by atoms with Crippen LogP contribution >= 0.6 is 0 Å². The number of aromatic nitrogens is 2. The maximum Gasteiger partial charge on any atom is 0.117 e. The number of likely N-dealkylation sites (N-methyl/N-ethyl adjacent to an activating group) is 1. The molecule has 1 atom stereocenters. The molecule has 0 aliphatic carbocycles. The third kappa shape index (κ3) is 1.78. The molecular formula is C13H18N4. The molecule has 4 nitrogen and oxygen atoms in total. The number of pyridine rings is 1. The second-order valence-electron chi connectivity index (χ2n) is 4.94. The first kappa shape index (κ1) is 10.6. The summed E-state index contributed by atoms with van der Waals surface area (Å²) in [7, 11) is 2.18. The summed E-state index contributed by atoms with van der Waals surface area (Å²) in [5.74, 6) is 1.68. The van der Waals surface area contributed by atoms with Crippen LogP contribution in [0.25, 0.3) is 5.52 Å². The first-order valence-corrected chi connectivity index (χ1v) is 6.15. The molecule has 1 saturated heterocycles. The summed E-state index contributed by atoms with van der Waals surface area (Å²) in [6.45, 7) is 2.29. The van der Waals surface area contributed by atoms with Crippen molar-refractivity contribution >= 4 is 11.2 Å². The highest BCUT2D eigenvalue weighted by Crippen LogP contribution is 2.27. The summed E-state index contributed by atoms with van der Waals surface area (Å²) in [5, 5.41) is 0. The summed E-state index contributed by atoms with van der Waals surface area (Å²) in [6, 6.07) is 3.91. The van der Waals surface area contributed by atoms with E-state index in [9.17, 15) is 0 Å². The van der Waals surface area contributed by atoms with Crippen LogP contribution in [0.3, 0.4) is 0 Å². The summed E-state index contributed by atoms with van der Waals surface area (Å²) in [5.41, 5.74) is 7.78. The number of imidazole rings is 1. The van der Waals surface area contributed by atoms with Crippen LogP contribution in [0.2, 0.25) is 0 Å². The molecule has 0 radical (unpaired) electrons. The fraction of sp³-hybridized carbons (Fsp3) is 0.462. The molecule has 0 aromatic carbocycles. The van der Waals surface area contributed by atoms with E-state index in [-0.39, 0.29) is 0 Å². The van der Waals surface area contributed by atoms with Gasteiger partial charge < -0.3 is 15.0 Å². The summed E-state index contributed by atoms with van der Waals surface area (Å²) in [4.78, 5) is 6.95. The number of likely N-dealkylation sites (tertiary alicyclic amines) is 1. The number of nitrogens with zero attached hydrogens (tertiary/aromatic N) is 3. The highest BCUT2D eigenvalue weighted by atomic mass is 15.1. The van der Waals surface area contributed by atoms with Gasteiger partial charge in [0.1, 0.15) is 5.82 Å². The van der Waals surface area contributed by atoms with Gasteiger partial charge in [-0.1, -0.05) is 0 Å². The Hall–Kier alpha value is -1.55. The lowest BCUT2D eigenvalue weighted by atomic mass is 9.98. The first-order chi connectivity index (χ1) is 8.25. The van der Waals surface area contributed by atoms with E-state index >= 15 is 0 Å². The number of piperidine rings is 1. The fourth-order valence-corrected chi connectivity index (χ4v) is 2.74. The maximum absolute atomic E-state index is 5.96. The highest BCUT2D eigenvalue weighted by molar-refractivity contribution is 5.68. The second-order valence-corrected chi connectivity index (χ2v) is 4.94. The molecule has 0 amide bonds. The molecule has 1 fully saturated rings. The molecule has 0 spiro atoms. The van der Waals surface area contributed by atoms with E-state index in [1.165, 1.54) is 19.4 Å². The van der Waals surface area contributed by atoms with Crippen LogP contribution in [0.1, 0.15) is 24.6 Å². The minimum absolute atomic E-state index is 0.526. The number of hydrogen-bond donors (Lipinski definition) is 1. The molecule has 0 bridgehead atoms. The van der Waals surface area contributed by atoms with Gasteiger partial charge in [-0.05, 0) is 38.6 Å². The lowest BCUT2D eigenvalue weighted by Gasteiger charge is -2.28. The molecule has 3 heterocycles. The van der Waals surface area contributed by atoms with E-state index in [2.05, 4.69) is 27.5 Å². The smallest absolute Gasteiger partial charge is 0.117 e. The Morgan fingerprint density at radius 1 is 1.47 bits per heavy atom. The van der Waals surface area contributed by atoms with Gasteiger partial charge in [0.25, 0.3) is 0 Å². The fourth-order valence-electron chi connectivity index (χ4n) is 2.74. The van der Waals surface area contributed by atoms with Gasteiger partial charge in [0, 0.05) is 18.7 Å². The molecule has 2 aromatic rings. The largest absolute Gasteiger partial charge is 0.397 e. The van der Waals surface area contributed by atoms with Crippen molar-refractivity contribution in [2.45, 2.75) is 18.8 Å². The van der Waals surface area contributed by atoms with Crippen molar-refractivity contribution in [3.05, 3.63) is 30.4 Å². The Labute approximate surface area is 101 Å². The molecule has 2 aromatic heterocycles. The summed E-state index contributed by atoms with van der Waals surface area (Å²) < 4.78 is 2.14. The van der Waals surface area contributed by atoms with E-state index < -0.39 is 0 Å². The molecular weight excluding hydrogens is 212 g/mol. The normalized spacial score (nSPS) is 22.1. The summed E-state index contributed by atoms with van der Waals surface area (Å²) in [6.07, 6.45) is 6.42. The Morgan fingerprint density at radius 3 is 3.18 bits per heavy atom. The van der Waals surface area contributed by atoms with E-state index in [1.807, 2.05) is 18.3 Å². The van der Waals surface area contributed by atoms with Crippen LogP contribution in [-0.4, -0.2) is 34.4 Å².